The third kappa shape index (κ3) is 2.22. The normalized spacial score (nSPS) is 25.8. The second-order valence-corrected chi connectivity index (χ2v) is 4.51. The fourth-order valence-corrected chi connectivity index (χ4v) is 2.13. The predicted octanol–water partition coefficient (Wildman–Crippen LogP) is 2.32. The van der Waals surface area contributed by atoms with Crippen LogP contribution >= 0.6 is 0 Å². The van der Waals surface area contributed by atoms with Gasteiger partial charge in [0.1, 0.15) is 19.0 Å². The van der Waals surface area contributed by atoms with E-state index in [0.717, 1.165) is 6.42 Å². The van der Waals surface area contributed by atoms with Gasteiger partial charge in [-0.05, 0) is 31.4 Å². The molecule has 3 rings (SSSR count). The molecule has 0 saturated carbocycles. The van der Waals surface area contributed by atoms with Crippen LogP contribution in [0.1, 0.15) is 18.9 Å². The predicted molar refractivity (Wildman–Crippen MR) is 60.0 cm³/mol. The van der Waals surface area contributed by atoms with E-state index < -0.39 is 0 Å². The zero-order valence-electron chi connectivity index (χ0n) is 9.74. The van der Waals surface area contributed by atoms with Crippen LogP contribution in [0, 0.1) is 5.82 Å². The maximum Gasteiger partial charge on any atom is 0.164 e. The summed E-state index contributed by atoms with van der Waals surface area (Å²) in [6, 6.07) is 3.16. The summed E-state index contributed by atoms with van der Waals surface area (Å²) in [6.07, 6.45) is 2.16. The van der Waals surface area contributed by atoms with E-state index in [0.29, 0.717) is 48.9 Å². The van der Waals surface area contributed by atoms with Crippen molar-refractivity contribution in [2.24, 2.45) is 0 Å². The molecule has 1 aromatic carbocycles. The molecule has 3 nitrogen and oxygen atoms in total. The maximum atomic E-state index is 13.8. The standard InChI is InChI=1S/C13H15FO3/c1-8-11(17-8)3-2-9-6-12-13(7-10(9)14)16-5-4-15-12/h6-8,11H,2-5H2,1H3. The van der Waals surface area contributed by atoms with Crippen LogP contribution < -0.4 is 9.47 Å². The van der Waals surface area contributed by atoms with Gasteiger partial charge in [-0.2, -0.15) is 0 Å². The van der Waals surface area contributed by atoms with Crippen molar-refractivity contribution in [2.45, 2.75) is 32.0 Å². The zero-order valence-corrected chi connectivity index (χ0v) is 9.74. The summed E-state index contributed by atoms with van der Waals surface area (Å²) >= 11 is 0. The number of hydrogen-bond donors (Lipinski definition) is 0. The van der Waals surface area contributed by atoms with Crippen molar-refractivity contribution >= 4 is 0 Å². The minimum absolute atomic E-state index is 0.220. The Morgan fingerprint density at radius 1 is 1.24 bits per heavy atom. The first-order chi connectivity index (χ1) is 8.24. The number of aryl methyl sites for hydroxylation is 1. The number of halogens is 1. The molecule has 2 aliphatic heterocycles. The lowest BCUT2D eigenvalue weighted by molar-refractivity contribution is 0.170. The number of epoxide rings is 1. The Kier molecular flexibility index (Phi) is 2.67. The van der Waals surface area contributed by atoms with Gasteiger partial charge in [-0.1, -0.05) is 0 Å². The van der Waals surface area contributed by atoms with Gasteiger partial charge in [0.25, 0.3) is 0 Å². The van der Waals surface area contributed by atoms with Crippen molar-refractivity contribution in [3.05, 3.63) is 23.5 Å². The van der Waals surface area contributed by atoms with Crippen LogP contribution in [0.25, 0.3) is 0 Å². The van der Waals surface area contributed by atoms with Gasteiger partial charge in [0.15, 0.2) is 11.5 Å². The Morgan fingerprint density at radius 2 is 1.88 bits per heavy atom. The number of benzene rings is 1. The Hall–Kier alpha value is -1.29. The lowest BCUT2D eigenvalue weighted by Crippen LogP contribution is -2.16. The molecule has 2 unspecified atom stereocenters. The zero-order chi connectivity index (χ0) is 11.8. The lowest BCUT2D eigenvalue weighted by atomic mass is 10.1. The van der Waals surface area contributed by atoms with Gasteiger partial charge in [-0.15, -0.1) is 0 Å². The number of fused-ring (bicyclic) bond motifs is 1. The molecule has 2 atom stereocenters. The molecule has 1 aromatic rings. The highest BCUT2D eigenvalue weighted by Crippen LogP contribution is 2.34. The average molecular weight is 238 g/mol. The van der Waals surface area contributed by atoms with Crippen molar-refractivity contribution in [1.29, 1.82) is 0 Å². The summed E-state index contributed by atoms with van der Waals surface area (Å²) in [5, 5.41) is 0. The molecule has 0 N–H and O–H groups in total. The fraction of sp³-hybridized carbons (Fsp3) is 0.538. The van der Waals surface area contributed by atoms with Crippen molar-refractivity contribution < 1.29 is 18.6 Å². The lowest BCUT2D eigenvalue weighted by Gasteiger charge is -2.19. The molecule has 1 fully saturated rings. The molecule has 0 amide bonds. The Morgan fingerprint density at radius 3 is 2.53 bits per heavy atom. The third-order valence-electron chi connectivity index (χ3n) is 3.25. The van der Waals surface area contributed by atoms with E-state index in [2.05, 4.69) is 0 Å². The molecule has 0 spiro atoms. The minimum Gasteiger partial charge on any atom is -0.486 e. The SMILES string of the molecule is CC1OC1CCc1cc2c(cc1F)OCCO2. The van der Waals surface area contributed by atoms with E-state index in [1.807, 2.05) is 6.92 Å². The quantitative estimate of drug-likeness (QED) is 0.757. The molecule has 1 saturated heterocycles. The number of hydrogen-bond acceptors (Lipinski definition) is 3. The van der Waals surface area contributed by atoms with Crippen LogP contribution in [0.5, 0.6) is 11.5 Å². The molecule has 2 heterocycles. The summed E-state index contributed by atoms with van der Waals surface area (Å²) in [6.45, 7) is 3.05. The number of rotatable bonds is 3. The van der Waals surface area contributed by atoms with Gasteiger partial charge in [0.05, 0.1) is 12.2 Å². The van der Waals surface area contributed by atoms with Crippen LogP contribution in [0.2, 0.25) is 0 Å². The highest BCUT2D eigenvalue weighted by molar-refractivity contribution is 5.44. The molecule has 92 valence electrons. The van der Waals surface area contributed by atoms with E-state index in [4.69, 9.17) is 14.2 Å². The summed E-state index contributed by atoms with van der Waals surface area (Å²) in [4.78, 5) is 0. The molecular formula is C13H15FO3. The summed E-state index contributed by atoms with van der Waals surface area (Å²) in [5.74, 6) is 0.938. The summed E-state index contributed by atoms with van der Waals surface area (Å²) in [7, 11) is 0. The van der Waals surface area contributed by atoms with E-state index in [1.165, 1.54) is 6.07 Å². The second kappa shape index (κ2) is 4.18. The van der Waals surface area contributed by atoms with Gasteiger partial charge >= 0.3 is 0 Å². The third-order valence-corrected chi connectivity index (χ3v) is 3.25. The monoisotopic (exact) mass is 238 g/mol. The first kappa shape index (κ1) is 10.8. The van der Waals surface area contributed by atoms with E-state index in [1.54, 1.807) is 6.07 Å². The highest BCUT2D eigenvalue weighted by Gasteiger charge is 2.33. The largest absolute Gasteiger partial charge is 0.486 e. The van der Waals surface area contributed by atoms with Gasteiger partial charge in [-0.25, -0.2) is 4.39 Å². The van der Waals surface area contributed by atoms with E-state index in [-0.39, 0.29) is 5.82 Å². The Bertz CT molecular complexity index is 433. The topological polar surface area (TPSA) is 31.0 Å². The molecule has 0 aromatic heterocycles. The van der Waals surface area contributed by atoms with Crippen LogP contribution in [-0.4, -0.2) is 25.4 Å². The summed E-state index contributed by atoms with van der Waals surface area (Å²) in [5.41, 5.74) is 0.678. The average Bonchev–Trinajstić information content (AvgIpc) is 3.03. The molecular weight excluding hydrogens is 223 g/mol. The van der Waals surface area contributed by atoms with Crippen LogP contribution in [0.4, 0.5) is 4.39 Å². The smallest absolute Gasteiger partial charge is 0.164 e. The molecule has 17 heavy (non-hydrogen) atoms. The first-order valence-electron chi connectivity index (χ1n) is 5.97. The molecule has 0 bridgehead atoms. The van der Waals surface area contributed by atoms with Gasteiger partial charge in [0, 0.05) is 6.07 Å². The minimum atomic E-state index is -0.220. The molecule has 0 radical (unpaired) electrons. The van der Waals surface area contributed by atoms with Crippen molar-refractivity contribution in [3.63, 3.8) is 0 Å². The van der Waals surface area contributed by atoms with Crippen LogP contribution in [-0.2, 0) is 11.2 Å². The van der Waals surface area contributed by atoms with Crippen LogP contribution in [0.3, 0.4) is 0 Å². The Labute approximate surface area is 99.5 Å². The van der Waals surface area contributed by atoms with E-state index in [9.17, 15) is 4.39 Å². The van der Waals surface area contributed by atoms with Gasteiger partial charge < -0.3 is 14.2 Å². The summed E-state index contributed by atoms with van der Waals surface area (Å²) < 4.78 is 29.8. The maximum absolute atomic E-state index is 13.8. The molecule has 4 heteroatoms. The Balaban J connectivity index is 1.74. The van der Waals surface area contributed by atoms with Crippen LogP contribution in [0.15, 0.2) is 12.1 Å². The molecule has 0 aliphatic carbocycles. The fourth-order valence-electron chi connectivity index (χ4n) is 2.13. The van der Waals surface area contributed by atoms with Crippen molar-refractivity contribution in [2.75, 3.05) is 13.2 Å². The van der Waals surface area contributed by atoms with Gasteiger partial charge in [-0.3, -0.25) is 0 Å². The van der Waals surface area contributed by atoms with Crippen molar-refractivity contribution in [3.8, 4) is 11.5 Å². The van der Waals surface area contributed by atoms with Crippen molar-refractivity contribution in [1.82, 2.24) is 0 Å². The van der Waals surface area contributed by atoms with Gasteiger partial charge in [0.2, 0.25) is 0 Å². The second-order valence-electron chi connectivity index (χ2n) is 4.51. The first-order valence-corrected chi connectivity index (χ1v) is 5.97. The van der Waals surface area contributed by atoms with E-state index >= 15 is 0 Å². The highest BCUT2D eigenvalue weighted by atomic mass is 19.1. The number of ether oxygens (including phenoxy) is 3. The molecule has 2 aliphatic rings.